The van der Waals surface area contributed by atoms with Crippen LogP contribution in [0.5, 0.6) is 0 Å². The molecule has 2 rings (SSSR count). The minimum Gasteiger partial charge on any atom is -0.388 e. The molecular formula is C16H16BrFO. The molecule has 0 amide bonds. The summed E-state index contributed by atoms with van der Waals surface area (Å²) < 4.78 is 14.4. The lowest BCUT2D eigenvalue weighted by Gasteiger charge is -2.14. The van der Waals surface area contributed by atoms with Crippen molar-refractivity contribution in [1.29, 1.82) is 0 Å². The smallest absolute Gasteiger partial charge is 0.130 e. The zero-order chi connectivity index (χ0) is 14.0. The van der Waals surface area contributed by atoms with E-state index >= 15 is 0 Å². The Morgan fingerprint density at radius 1 is 1.16 bits per heavy atom. The molecule has 2 aromatic rings. The molecule has 0 saturated carbocycles. The zero-order valence-electron chi connectivity index (χ0n) is 11.0. The van der Waals surface area contributed by atoms with Crippen molar-refractivity contribution in [2.45, 2.75) is 26.4 Å². The van der Waals surface area contributed by atoms with Gasteiger partial charge in [0.1, 0.15) is 5.82 Å². The molecule has 1 unspecified atom stereocenters. The average Bonchev–Trinajstić information content (AvgIpc) is 2.26. The summed E-state index contributed by atoms with van der Waals surface area (Å²) in [6, 6.07) is 10.8. The maximum absolute atomic E-state index is 13.8. The Bertz CT molecular complexity index is 555. The fourth-order valence-corrected chi connectivity index (χ4v) is 2.95. The van der Waals surface area contributed by atoms with Gasteiger partial charge in [-0.25, -0.2) is 4.39 Å². The van der Waals surface area contributed by atoms with Gasteiger partial charge in [-0.2, -0.15) is 0 Å². The predicted octanol–water partition coefficient (Wildman–Crippen LogP) is 4.48. The van der Waals surface area contributed by atoms with Crippen LogP contribution < -0.4 is 0 Å². The molecule has 0 aliphatic heterocycles. The highest BCUT2D eigenvalue weighted by molar-refractivity contribution is 9.10. The molecule has 1 atom stereocenters. The van der Waals surface area contributed by atoms with Gasteiger partial charge in [0.15, 0.2) is 0 Å². The molecular weight excluding hydrogens is 307 g/mol. The Morgan fingerprint density at radius 3 is 2.37 bits per heavy atom. The number of hydrogen-bond acceptors (Lipinski definition) is 1. The number of benzene rings is 2. The van der Waals surface area contributed by atoms with Gasteiger partial charge >= 0.3 is 0 Å². The second kappa shape index (κ2) is 5.85. The molecule has 0 bridgehead atoms. The zero-order valence-corrected chi connectivity index (χ0v) is 12.5. The van der Waals surface area contributed by atoms with Crippen molar-refractivity contribution in [3.63, 3.8) is 0 Å². The van der Waals surface area contributed by atoms with Gasteiger partial charge < -0.3 is 5.11 Å². The minimum atomic E-state index is -0.850. The Labute approximate surface area is 121 Å². The number of aliphatic hydroxyl groups is 1. The Morgan fingerprint density at radius 2 is 1.79 bits per heavy atom. The van der Waals surface area contributed by atoms with Crippen LogP contribution in [0.3, 0.4) is 0 Å². The van der Waals surface area contributed by atoms with Crippen molar-refractivity contribution in [3.8, 4) is 0 Å². The minimum absolute atomic E-state index is 0.321. The van der Waals surface area contributed by atoms with E-state index in [1.807, 2.05) is 26.0 Å². The molecule has 0 saturated heterocycles. The first-order valence-electron chi connectivity index (χ1n) is 6.16. The first kappa shape index (κ1) is 14.2. The molecule has 0 heterocycles. The van der Waals surface area contributed by atoms with E-state index in [4.69, 9.17) is 0 Å². The largest absolute Gasteiger partial charge is 0.388 e. The number of halogens is 2. The van der Waals surface area contributed by atoms with Crippen LogP contribution in [0.25, 0.3) is 0 Å². The first-order chi connectivity index (χ1) is 8.97. The summed E-state index contributed by atoms with van der Waals surface area (Å²) in [5.74, 6) is -0.383. The highest BCUT2D eigenvalue weighted by atomic mass is 79.9. The van der Waals surface area contributed by atoms with Crippen molar-refractivity contribution in [1.82, 2.24) is 0 Å². The van der Waals surface area contributed by atoms with Crippen molar-refractivity contribution in [3.05, 3.63) is 68.9 Å². The molecule has 3 heteroatoms. The summed E-state index contributed by atoms with van der Waals surface area (Å²) in [4.78, 5) is 0. The van der Waals surface area contributed by atoms with E-state index in [1.54, 1.807) is 12.1 Å². The predicted molar refractivity (Wildman–Crippen MR) is 78.7 cm³/mol. The van der Waals surface area contributed by atoms with Gasteiger partial charge in [-0.1, -0.05) is 51.3 Å². The number of hydrogen-bond donors (Lipinski definition) is 1. The summed E-state index contributed by atoms with van der Waals surface area (Å²) in [5, 5.41) is 10.2. The maximum atomic E-state index is 13.8. The van der Waals surface area contributed by atoms with Gasteiger partial charge in [-0.15, -0.1) is 0 Å². The molecule has 0 aromatic heterocycles. The monoisotopic (exact) mass is 322 g/mol. The highest BCUT2D eigenvalue weighted by Crippen LogP contribution is 2.28. The van der Waals surface area contributed by atoms with Gasteiger partial charge in [0.2, 0.25) is 0 Å². The van der Waals surface area contributed by atoms with Gasteiger partial charge in [0.25, 0.3) is 0 Å². The van der Waals surface area contributed by atoms with E-state index in [0.717, 1.165) is 16.7 Å². The van der Waals surface area contributed by atoms with E-state index in [9.17, 15) is 9.50 Å². The fraction of sp³-hybridized carbons (Fsp3) is 0.250. The van der Waals surface area contributed by atoms with E-state index in [2.05, 4.69) is 22.0 Å². The quantitative estimate of drug-likeness (QED) is 0.883. The molecule has 0 fully saturated rings. The molecule has 100 valence electrons. The molecule has 0 aliphatic carbocycles. The third-order valence-electron chi connectivity index (χ3n) is 3.04. The van der Waals surface area contributed by atoms with Crippen LogP contribution in [0, 0.1) is 19.7 Å². The van der Waals surface area contributed by atoms with Crippen molar-refractivity contribution in [2.24, 2.45) is 0 Å². The van der Waals surface area contributed by atoms with Crippen molar-refractivity contribution in [2.75, 3.05) is 0 Å². The van der Waals surface area contributed by atoms with Gasteiger partial charge in [-0.3, -0.25) is 0 Å². The van der Waals surface area contributed by atoms with Crippen LogP contribution in [0.15, 0.2) is 40.9 Å². The van der Waals surface area contributed by atoms with Crippen LogP contribution in [-0.4, -0.2) is 5.11 Å². The summed E-state index contributed by atoms with van der Waals surface area (Å²) in [6.45, 7) is 4.03. The molecule has 1 nitrogen and oxygen atoms in total. The van der Waals surface area contributed by atoms with Gasteiger partial charge in [0.05, 0.1) is 6.10 Å². The van der Waals surface area contributed by atoms with Crippen LogP contribution in [0.2, 0.25) is 0 Å². The van der Waals surface area contributed by atoms with Crippen LogP contribution >= 0.6 is 15.9 Å². The lowest BCUT2D eigenvalue weighted by atomic mass is 9.98. The van der Waals surface area contributed by atoms with E-state index in [1.165, 1.54) is 6.07 Å². The molecule has 19 heavy (non-hydrogen) atoms. The van der Waals surface area contributed by atoms with Crippen LogP contribution in [-0.2, 0) is 6.42 Å². The Hall–Kier alpha value is -1.19. The second-order valence-electron chi connectivity index (χ2n) is 4.85. The third-order valence-corrected chi connectivity index (χ3v) is 3.73. The lowest BCUT2D eigenvalue weighted by molar-refractivity contribution is 0.173. The standard InChI is InChI=1S/C16H16BrFO/c1-10-6-11(2)8-12(7-10)9-15(19)16-13(17)4-3-5-14(16)18/h3-8,15,19H,9H2,1-2H3. The Kier molecular flexibility index (Phi) is 4.38. The van der Waals surface area contributed by atoms with Crippen LogP contribution in [0.1, 0.15) is 28.4 Å². The molecule has 0 spiro atoms. The first-order valence-corrected chi connectivity index (χ1v) is 6.96. The molecule has 0 radical (unpaired) electrons. The molecule has 1 N–H and O–H groups in total. The van der Waals surface area contributed by atoms with Gasteiger partial charge in [0, 0.05) is 16.5 Å². The van der Waals surface area contributed by atoms with E-state index in [-0.39, 0.29) is 5.82 Å². The molecule has 2 aromatic carbocycles. The van der Waals surface area contributed by atoms with Gasteiger partial charge in [-0.05, 0) is 31.5 Å². The maximum Gasteiger partial charge on any atom is 0.130 e. The average molecular weight is 323 g/mol. The van der Waals surface area contributed by atoms with E-state index in [0.29, 0.717) is 16.5 Å². The third kappa shape index (κ3) is 3.43. The topological polar surface area (TPSA) is 20.2 Å². The van der Waals surface area contributed by atoms with Crippen LogP contribution in [0.4, 0.5) is 4.39 Å². The van der Waals surface area contributed by atoms with Crippen molar-refractivity contribution < 1.29 is 9.50 Å². The normalized spacial score (nSPS) is 12.5. The lowest BCUT2D eigenvalue weighted by Crippen LogP contribution is -2.06. The summed E-state index contributed by atoms with van der Waals surface area (Å²) in [6.07, 6.45) is -0.445. The second-order valence-corrected chi connectivity index (χ2v) is 5.71. The molecule has 0 aliphatic rings. The SMILES string of the molecule is Cc1cc(C)cc(CC(O)c2c(F)cccc2Br)c1. The summed E-state index contributed by atoms with van der Waals surface area (Å²) in [5.41, 5.74) is 3.63. The number of aliphatic hydroxyl groups excluding tert-OH is 1. The highest BCUT2D eigenvalue weighted by Gasteiger charge is 2.16. The number of rotatable bonds is 3. The Balaban J connectivity index is 2.28. The number of aryl methyl sites for hydroxylation is 2. The summed E-state index contributed by atoms with van der Waals surface area (Å²) in [7, 11) is 0. The fourth-order valence-electron chi connectivity index (χ4n) is 2.34. The summed E-state index contributed by atoms with van der Waals surface area (Å²) >= 11 is 3.29. The van der Waals surface area contributed by atoms with E-state index < -0.39 is 6.10 Å². The van der Waals surface area contributed by atoms with Crippen molar-refractivity contribution >= 4 is 15.9 Å².